The monoisotopic (exact) mass is 301 g/mol. The zero-order valence-corrected chi connectivity index (χ0v) is 12.6. The number of methoxy groups -OCH3 is 2. The number of aromatic nitrogens is 1. The minimum absolute atomic E-state index is 0.439. The number of ether oxygens (including phenoxy) is 3. The van der Waals surface area contributed by atoms with Gasteiger partial charge < -0.3 is 14.2 Å². The number of rotatable bonds is 5. The summed E-state index contributed by atoms with van der Waals surface area (Å²) in [7, 11) is 3.24. The molecule has 0 atom stereocenters. The number of benzene rings is 2. The van der Waals surface area contributed by atoms with Gasteiger partial charge in [0.25, 0.3) is 0 Å². The molecule has 0 saturated carbocycles. The summed E-state index contributed by atoms with van der Waals surface area (Å²) in [4.78, 5) is 0. The first-order chi connectivity index (χ1) is 10.3. The fourth-order valence-electron chi connectivity index (χ4n) is 2.09. The molecule has 2 aromatic carbocycles. The van der Waals surface area contributed by atoms with Crippen molar-refractivity contribution in [2.24, 2.45) is 0 Å². The zero-order valence-electron chi connectivity index (χ0n) is 11.8. The van der Waals surface area contributed by atoms with Crippen LogP contribution >= 0.6 is 11.5 Å². The highest BCUT2D eigenvalue weighted by atomic mass is 32.1. The van der Waals surface area contributed by atoms with Crippen LogP contribution in [0.5, 0.6) is 17.4 Å². The molecule has 3 rings (SSSR count). The first kappa shape index (κ1) is 13.7. The summed E-state index contributed by atoms with van der Waals surface area (Å²) in [5.74, 6) is 2.08. The summed E-state index contributed by atoms with van der Waals surface area (Å²) < 4.78 is 21.8. The van der Waals surface area contributed by atoms with Crippen LogP contribution < -0.4 is 14.2 Å². The molecule has 0 unspecified atom stereocenters. The van der Waals surface area contributed by atoms with Crippen LogP contribution in [0.2, 0.25) is 0 Å². The Kier molecular flexibility index (Phi) is 3.92. The minimum atomic E-state index is 0.439. The molecule has 3 aromatic rings. The van der Waals surface area contributed by atoms with Crippen molar-refractivity contribution in [2.75, 3.05) is 14.2 Å². The highest BCUT2D eigenvalue weighted by Crippen LogP contribution is 2.30. The summed E-state index contributed by atoms with van der Waals surface area (Å²) in [6.45, 7) is 0.439. The average molecular weight is 301 g/mol. The molecule has 0 amide bonds. The van der Waals surface area contributed by atoms with E-state index in [1.165, 1.54) is 11.5 Å². The van der Waals surface area contributed by atoms with E-state index in [1.54, 1.807) is 14.2 Å². The number of fused-ring (bicyclic) bond motifs is 1. The standard InChI is InChI=1S/C16H15NO3S/c1-18-13-8-7-11(9-14(13)19-2)10-20-16-12-5-3-4-6-15(12)21-17-16/h3-9H,10H2,1-2H3. The normalized spacial score (nSPS) is 10.6. The number of nitrogens with zero attached hydrogens (tertiary/aromatic N) is 1. The van der Waals surface area contributed by atoms with Crippen molar-refractivity contribution in [1.29, 1.82) is 0 Å². The van der Waals surface area contributed by atoms with Crippen LogP contribution in [0.3, 0.4) is 0 Å². The van der Waals surface area contributed by atoms with Gasteiger partial charge in [-0.05, 0) is 41.4 Å². The van der Waals surface area contributed by atoms with E-state index >= 15 is 0 Å². The molecule has 0 aliphatic carbocycles. The molecule has 0 aliphatic heterocycles. The molecule has 1 aromatic heterocycles. The molecule has 0 fully saturated rings. The Morgan fingerprint density at radius 3 is 2.62 bits per heavy atom. The summed E-state index contributed by atoms with van der Waals surface area (Å²) in [5.41, 5.74) is 1.00. The lowest BCUT2D eigenvalue weighted by Crippen LogP contribution is -1.98. The quantitative estimate of drug-likeness (QED) is 0.717. The van der Waals surface area contributed by atoms with Crippen LogP contribution in [-0.2, 0) is 6.61 Å². The van der Waals surface area contributed by atoms with Crippen LogP contribution in [0.4, 0.5) is 0 Å². The highest BCUT2D eigenvalue weighted by Gasteiger charge is 2.08. The molecule has 0 aliphatic rings. The molecule has 0 bridgehead atoms. The fourth-order valence-corrected chi connectivity index (χ4v) is 2.81. The van der Waals surface area contributed by atoms with E-state index in [1.807, 2.05) is 42.5 Å². The molecule has 5 heteroatoms. The van der Waals surface area contributed by atoms with Crippen molar-refractivity contribution in [1.82, 2.24) is 4.37 Å². The smallest absolute Gasteiger partial charge is 0.233 e. The first-order valence-corrected chi connectivity index (χ1v) is 7.27. The predicted octanol–water partition coefficient (Wildman–Crippen LogP) is 3.89. The second-order valence-corrected chi connectivity index (χ2v) is 5.27. The Balaban J connectivity index is 1.78. The third-order valence-electron chi connectivity index (χ3n) is 3.17. The lowest BCUT2D eigenvalue weighted by atomic mass is 10.2. The number of hydrogen-bond donors (Lipinski definition) is 0. The van der Waals surface area contributed by atoms with Gasteiger partial charge in [0.1, 0.15) is 6.61 Å². The Morgan fingerprint density at radius 1 is 1.00 bits per heavy atom. The molecule has 0 spiro atoms. The third kappa shape index (κ3) is 2.78. The van der Waals surface area contributed by atoms with Gasteiger partial charge in [0, 0.05) is 0 Å². The van der Waals surface area contributed by atoms with Crippen molar-refractivity contribution >= 4 is 21.6 Å². The SMILES string of the molecule is COc1ccc(COc2nsc3ccccc23)cc1OC. The van der Waals surface area contributed by atoms with Gasteiger partial charge in [-0.3, -0.25) is 0 Å². The fraction of sp³-hybridized carbons (Fsp3) is 0.188. The van der Waals surface area contributed by atoms with Gasteiger partial charge in [-0.25, -0.2) is 0 Å². The molecule has 0 saturated heterocycles. The Bertz CT molecular complexity index is 754. The van der Waals surface area contributed by atoms with E-state index < -0.39 is 0 Å². The Labute approximate surface area is 127 Å². The summed E-state index contributed by atoms with van der Waals surface area (Å²) in [5, 5.41) is 1.04. The van der Waals surface area contributed by atoms with E-state index in [0.717, 1.165) is 15.6 Å². The summed E-state index contributed by atoms with van der Waals surface area (Å²) >= 11 is 1.44. The van der Waals surface area contributed by atoms with Crippen molar-refractivity contribution in [3.05, 3.63) is 48.0 Å². The third-order valence-corrected chi connectivity index (χ3v) is 3.98. The van der Waals surface area contributed by atoms with Crippen LogP contribution in [0.25, 0.3) is 10.1 Å². The molecule has 1 heterocycles. The largest absolute Gasteiger partial charge is 0.493 e. The van der Waals surface area contributed by atoms with Gasteiger partial charge in [0.2, 0.25) is 5.88 Å². The predicted molar refractivity (Wildman–Crippen MR) is 83.5 cm³/mol. The van der Waals surface area contributed by atoms with Gasteiger partial charge in [-0.15, -0.1) is 0 Å². The van der Waals surface area contributed by atoms with Gasteiger partial charge in [-0.2, -0.15) is 4.37 Å². The van der Waals surface area contributed by atoms with Gasteiger partial charge >= 0.3 is 0 Å². The van der Waals surface area contributed by atoms with E-state index in [4.69, 9.17) is 14.2 Å². The second-order valence-electron chi connectivity index (χ2n) is 4.46. The van der Waals surface area contributed by atoms with Gasteiger partial charge in [0.15, 0.2) is 11.5 Å². The maximum Gasteiger partial charge on any atom is 0.233 e. The Morgan fingerprint density at radius 2 is 1.81 bits per heavy atom. The lowest BCUT2D eigenvalue weighted by Gasteiger charge is -2.09. The lowest BCUT2D eigenvalue weighted by molar-refractivity contribution is 0.298. The number of hydrogen-bond acceptors (Lipinski definition) is 5. The van der Waals surface area contributed by atoms with Gasteiger partial charge in [-0.1, -0.05) is 18.2 Å². The van der Waals surface area contributed by atoms with E-state index in [9.17, 15) is 0 Å². The Hall–Kier alpha value is -2.27. The van der Waals surface area contributed by atoms with E-state index in [2.05, 4.69) is 4.37 Å². The topological polar surface area (TPSA) is 40.6 Å². The van der Waals surface area contributed by atoms with Gasteiger partial charge in [0.05, 0.1) is 24.3 Å². The van der Waals surface area contributed by atoms with Crippen molar-refractivity contribution in [2.45, 2.75) is 6.61 Å². The molecular weight excluding hydrogens is 286 g/mol. The van der Waals surface area contributed by atoms with Crippen LogP contribution in [-0.4, -0.2) is 18.6 Å². The molecule has 4 nitrogen and oxygen atoms in total. The van der Waals surface area contributed by atoms with Crippen LogP contribution in [0, 0.1) is 0 Å². The summed E-state index contributed by atoms with van der Waals surface area (Å²) in [6, 6.07) is 13.8. The average Bonchev–Trinajstić information content (AvgIpc) is 2.96. The van der Waals surface area contributed by atoms with E-state index in [0.29, 0.717) is 24.0 Å². The highest BCUT2D eigenvalue weighted by molar-refractivity contribution is 7.13. The van der Waals surface area contributed by atoms with E-state index in [-0.39, 0.29) is 0 Å². The van der Waals surface area contributed by atoms with Crippen LogP contribution in [0.15, 0.2) is 42.5 Å². The minimum Gasteiger partial charge on any atom is -0.493 e. The molecule has 0 N–H and O–H groups in total. The molecule has 21 heavy (non-hydrogen) atoms. The van der Waals surface area contributed by atoms with Crippen LogP contribution in [0.1, 0.15) is 5.56 Å². The van der Waals surface area contributed by atoms with Crippen molar-refractivity contribution in [3.63, 3.8) is 0 Å². The molecule has 0 radical (unpaired) electrons. The zero-order chi connectivity index (χ0) is 14.7. The maximum atomic E-state index is 5.82. The second kappa shape index (κ2) is 6.01. The first-order valence-electron chi connectivity index (χ1n) is 6.50. The summed E-state index contributed by atoms with van der Waals surface area (Å²) in [6.07, 6.45) is 0. The molecule has 108 valence electrons. The molecular formula is C16H15NO3S. The maximum absolute atomic E-state index is 5.82. The van der Waals surface area contributed by atoms with Crippen molar-refractivity contribution < 1.29 is 14.2 Å². The van der Waals surface area contributed by atoms with Crippen molar-refractivity contribution in [3.8, 4) is 17.4 Å².